The van der Waals surface area contributed by atoms with Gasteiger partial charge in [-0.05, 0) is 48.9 Å². The Morgan fingerprint density at radius 3 is 2.77 bits per heavy atom. The molecule has 12 heteroatoms. The second-order valence-corrected chi connectivity index (χ2v) is 9.65. The van der Waals surface area contributed by atoms with E-state index in [9.17, 15) is 27.2 Å². The topological polar surface area (TPSA) is 106 Å². The van der Waals surface area contributed by atoms with Gasteiger partial charge in [0.25, 0.3) is 0 Å². The third-order valence-corrected chi connectivity index (χ3v) is 7.43. The number of nitrogens with two attached hydrogens (primary N) is 1. The van der Waals surface area contributed by atoms with Crippen LogP contribution < -0.4 is 16.4 Å². The molecule has 4 N–H and O–H groups in total. The van der Waals surface area contributed by atoms with Crippen LogP contribution in [0.1, 0.15) is 30.4 Å². The third kappa shape index (κ3) is 5.39. The van der Waals surface area contributed by atoms with Gasteiger partial charge < -0.3 is 30.7 Å². The molecule has 3 fully saturated rings. The molecule has 3 amide bonds. The third-order valence-electron chi connectivity index (χ3n) is 7.43. The van der Waals surface area contributed by atoms with E-state index >= 15 is 0 Å². The number of carbonyl (C=O) groups is 2. The highest BCUT2D eigenvalue weighted by Gasteiger charge is 2.58. The maximum absolute atomic E-state index is 13.8. The van der Waals surface area contributed by atoms with E-state index in [4.69, 9.17) is 15.2 Å². The molecule has 35 heavy (non-hydrogen) atoms. The van der Waals surface area contributed by atoms with Crippen LogP contribution in [0, 0.1) is 17.2 Å². The van der Waals surface area contributed by atoms with E-state index in [0.29, 0.717) is 38.7 Å². The van der Waals surface area contributed by atoms with Crippen molar-refractivity contribution in [3.8, 4) is 0 Å². The number of nitrogens with zero attached hydrogens (tertiary/aromatic N) is 1. The van der Waals surface area contributed by atoms with Crippen LogP contribution in [0.2, 0.25) is 0 Å². The Bertz CT molecular complexity index is 962. The molecule has 2 aliphatic heterocycles. The lowest BCUT2D eigenvalue weighted by atomic mass is 9.79. The van der Waals surface area contributed by atoms with Crippen LogP contribution in [-0.4, -0.2) is 68.4 Å². The highest BCUT2D eigenvalue weighted by atomic mass is 19.4. The largest absolute Gasteiger partial charge is 0.416 e. The monoisotopic (exact) mass is 502 g/mol. The minimum atomic E-state index is -4.70. The number of alkyl halides is 3. The van der Waals surface area contributed by atoms with Gasteiger partial charge in [0.15, 0.2) is 0 Å². The Hall–Kier alpha value is -2.44. The maximum atomic E-state index is 13.8. The summed E-state index contributed by atoms with van der Waals surface area (Å²) in [6.45, 7) is 1.24. The van der Waals surface area contributed by atoms with E-state index in [2.05, 4.69) is 10.6 Å². The van der Waals surface area contributed by atoms with Crippen LogP contribution in [0.5, 0.6) is 0 Å². The molecule has 0 radical (unpaired) electrons. The van der Waals surface area contributed by atoms with E-state index in [-0.39, 0.29) is 48.7 Å². The number of primary amides is 1. The molecule has 4 rings (SSSR count). The summed E-state index contributed by atoms with van der Waals surface area (Å²) in [5.41, 5.74) is 3.42. The van der Waals surface area contributed by atoms with Crippen molar-refractivity contribution in [1.82, 2.24) is 15.5 Å². The van der Waals surface area contributed by atoms with Gasteiger partial charge in [-0.25, -0.2) is 9.18 Å². The zero-order chi connectivity index (χ0) is 25.4. The van der Waals surface area contributed by atoms with Gasteiger partial charge in [0.1, 0.15) is 5.82 Å². The van der Waals surface area contributed by atoms with Crippen LogP contribution >= 0.6 is 0 Å². The molecule has 1 saturated carbocycles. The normalized spacial score (nSPS) is 30.8. The highest BCUT2D eigenvalue weighted by molar-refractivity contribution is 5.86. The summed E-state index contributed by atoms with van der Waals surface area (Å²) in [7, 11) is 1.62. The van der Waals surface area contributed by atoms with Gasteiger partial charge in [-0.15, -0.1) is 0 Å². The zero-order valence-electron chi connectivity index (χ0n) is 19.4. The SMILES string of the molecule is COC1COCCC1NC1CC2CN(C(N)=O)CC2(C(=O)NCc2cc(F)cc(C(F)(F)F)c2)C1. The number of hydrogen-bond donors (Lipinski definition) is 3. The van der Waals surface area contributed by atoms with E-state index < -0.39 is 29.0 Å². The second-order valence-electron chi connectivity index (χ2n) is 9.65. The highest BCUT2D eigenvalue weighted by Crippen LogP contribution is 2.49. The van der Waals surface area contributed by atoms with Gasteiger partial charge in [-0.3, -0.25) is 4.79 Å². The molecule has 0 spiro atoms. The molecule has 8 nitrogen and oxygen atoms in total. The van der Waals surface area contributed by atoms with Gasteiger partial charge in [0, 0.05) is 45.4 Å². The second kappa shape index (κ2) is 9.90. The lowest BCUT2D eigenvalue weighted by Crippen LogP contribution is -2.52. The number of urea groups is 1. The predicted octanol–water partition coefficient (Wildman–Crippen LogP) is 2.01. The number of methoxy groups -OCH3 is 1. The summed E-state index contributed by atoms with van der Waals surface area (Å²) in [6.07, 6.45) is -3.01. The zero-order valence-corrected chi connectivity index (χ0v) is 19.4. The van der Waals surface area contributed by atoms with Crippen molar-refractivity contribution in [3.63, 3.8) is 0 Å². The fourth-order valence-corrected chi connectivity index (χ4v) is 5.73. The summed E-state index contributed by atoms with van der Waals surface area (Å²) < 4.78 is 63.9. The Morgan fingerprint density at radius 2 is 2.09 bits per heavy atom. The van der Waals surface area contributed by atoms with Gasteiger partial charge >= 0.3 is 12.2 Å². The standard InChI is InChI=1S/C23H30F4N4O4/c1-34-19-11-35-3-2-18(19)30-17-7-15-10-31(21(28)33)12-22(15,8-17)20(32)29-9-13-4-14(23(25,26)27)6-16(24)5-13/h4-6,15,17-19,30H,2-3,7-12H2,1H3,(H2,28,33)(H,29,32). The van der Waals surface area contributed by atoms with Crippen molar-refractivity contribution in [1.29, 1.82) is 0 Å². The molecule has 1 aromatic rings. The van der Waals surface area contributed by atoms with Gasteiger partial charge in [0.2, 0.25) is 5.91 Å². The van der Waals surface area contributed by atoms with E-state index in [1.165, 1.54) is 4.90 Å². The Balaban J connectivity index is 1.48. The van der Waals surface area contributed by atoms with Gasteiger partial charge in [0.05, 0.1) is 23.7 Å². The molecule has 3 aliphatic rings. The molecule has 1 aromatic carbocycles. The van der Waals surface area contributed by atoms with Crippen LogP contribution in [-0.2, 0) is 27.0 Å². The summed E-state index contributed by atoms with van der Waals surface area (Å²) in [4.78, 5) is 26.7. The van der Waals surface area contributed by atoms with Gasteiger partial charge in [-0.1, -0.05) is 0 Å². The van der Waals surface area contributed by atoms with Crippen molar-refractivity contribution in [2.45, 2.75) is 50.2 Å². The first kappa shape index (κ1) is 25.6. The molecule has 0 bridgehead atoms. The average Bonchev–Trinajstić information content (AvgIpc) is 3.32. The summed E-state index contributed by atoms with van der Waals surface area (Å²) >= 11 is 0. The Kier molecular flexibility index (Phi) is 7.26. The molecular formula is C23H30F4N4O4. The smallest absolute Gasteiger partial charge is 0.379 e. The molecule has 2 heterocycles. The van der Waals surface area contributed by atoms with E-state index in [1.54, 1.807) is 7.11 Å². The van der Waals surface area contributed by atoms with Crippen molar-refractivity contribution in [2.75, 3.05) is 33.4 Å². The lowest BCUT2D eigenvalue weighted by molar-refractivity contribution is -0.137. The number of carbonyl (C=O) groups excluding carboxylic acids is 2. The lowest BCUT2D eigenvalue weighted by Gasteiger charge is -2.34. The number of hydrogen-bond acceptors (Lipinski definition) is 5. The molecule has 1 aliphatic carbocycles. The predicted molar refractivity (Wildman–Crippen MR) is 117 cm³/mol. The minimum absolute atomic E-state index is 0.00110. The molecule has 2 saturated heterocycles. The van der Waals surface area contributed by atoms with Crippen molar-refractivity contribution < 1.29 is 36.6 Å². The number of ether oxygens (including phenoxy) is 2. The number of amides is 3. The number of nitrogens with one attached hydrogen (secondary N) is 2. The summed E-state index contributed by atoms with van der Waals surface area (Å²) in [5.74, 6) is -1.59. The van der Waals surface area contributed by atoms with Crippen LogP contribution in [0.15, 0.2) is 18.2 Å². The fraction of sp³-hybridized carbons (Fsp3) is 0.652. The van der Waals surface area contributed by atoms with Crippen LogP contribution in [0.3, 0.4) is 0 Å². The fourth-order valence-electron chi connectivity index (χ4n) is 5.73. The van der Waals surface area contributed by atoms with E-state index in [0.717, 1.165) is 18.6 Å². The average molecular weight is 503 g/mol. The first-order chi connectivity index (χ1) is 16.5. The molecule has 5 unspecified atom stereocenters. The minimum Gasteiger partial charge on any atom is -0.379 e. The summed E-state index contributed by atoms with van der Waals surface area (Å²) in [5, 5.41) is 6.27. The molecule has 5 atom stereocenters. The van der Waals surface area contributed by atoms with Crippen molar-refractivity contribution >= 4 is 11.9 Å². The first-order valence-corrected chi connectivity index (χ1v) is 11.6. The van der Waals surface area contributed by atoms with Crippen molar-refractivity contribution in [2.24, 2.45) is 17.1 Å². The quantitative estimate of drug-likeness (QED) is 0.517. The number of fused-ring (bicyclic) bond motifs is 1. The van der Waals surface area contributed by atoms with Crippen LogP contribution in [0.25, 0.3) is 0 Å². The molecule has 194 valence electrons. The Labute approximate surface area is 200 Å². The summed E-state index contributed by atoms with van der Waals surface area (Å²) in [6, 6.07) is 1.60. The first-order valence-electron chi connectivity index (χ1n) is 11.6. The van der Waals surface area contributed by atoms with Gasteiger partial charge in [-0.2, -0.15) is 13.2 Å². The number of benzene rings is 1. The molecule has 0 aromatic heterocycles. The number of likely N-dealkylation sites (tertiary alicyclic amines) is 1. The molecular weight excluding hydrogens is 472 g/mol. The maximum Gasteiger partial charge on any atom is 0.416 e. The Morgan fingerprint density at radius 1 is 1.31 bits per heavy atom. The van der Waals surface area contributed by atoms with Crippen LogP contribution in [0.4, 0.5) is 22.4 Å². The number of rotatable bonds is 6. The van der Waals surface area contributed by atoms with E-state index in [1.807, 2.05) is 0 Å². The van der Waals surface area contributed by atoms with Crippen molar-refractivity contribution in [3.05, 3.63) is 35.1 Å². The number of halogens is 4.